The zero-order chi connectivity index (χ0) is 17.2. The second-order valence-electron chi connectivity index (χ2n) is 5.80. The number of carboxylic acid groups (broad SMARTS) is 1. The first-order chi connectivity index (χ1) is 12.2. The van der Waals surface area contributed by atoms with E-state index in [0.29, 0.717) is 5.82 Å². The van der Waals surface area contributed by atoms with Crippen LogP contribution in [0.3, 0.4) is 0 Å². The van der Waals surface area contributed by atoms with Crippen LogP contribution in [0, 0.1) is 0 Å². The SMILES string of the molecule is O=C(O)c1ccc(Nc2cc(N3CCc4ccccc43)ncn2)cc1. The van der Waals surface area contributed by atoms with Crippen LogP contribution >= 0.6 is 0 Å². The summed E-state index contributed by atoms with van der Waals surface area (Å²) < 4.78 is 0. The van der Waals surface area contributed by atoms with Crippen LogP contribution < -0.4 is 10.2 Å². The van der Waals surface area contributed by atoms with Crippen molar-refractivity contribution in [1.82, 2.24) is 9.97 Å². The number of carboxylic acids is 1. The number of aromatic nitrogens is 2. The number of nitrogens with zero attached hydrogens (tertiary/aromatic N) is 3. The number of anilines is 4. The molecule has 1 aromatic heterocycles. The first-order valence-corrected chi connectivity index (χ1v) is 7.98. The van der Waals surface area contributed by atoms with Crippen LogP contribution in [0.2, 0.25) is 0 Å². The lowest BCUT2D eigenvalue weighted by atomic mass is 10.2. The molecule has 1 aliphatic rings. The van der Waals surface area contributed by atoms with Crippen molar-refractivity contribution in [3.63, 3.8) is 0 Å². The molecule has 6 heteroatoms. The molecule has 1 aliphatic heterocycles. The van der Waals surface area contributed by atoms with Gasteiger partial charge in [-0.3, -0.25) is 0 Å². The predicted molar refractivity (Wildman–Crippen MR) is 95.9 cm³/mol. The molecule has 0 aliphatic carbocycles. The van der Waals surface area contributed by atoms with Crippen LogP contribution in [-0.2, 0) is 6.42 Å². The molecule has 2 aromatic carbocycles. The van der Waals surface area contributed by atoms with Crippen molar-refractivity contribution in [2.75, 3.05) is 16.8 Å². The van der Waals surface area contributed by atoms with Gasteiger partial charge in [0.2, 0.25) is 0 Å². The third-order valence-electron chi connectivity index (χ3n) is 4.22. The lowest BCUT2D eigenvalue weighted by Gasteiger charge is -2.18. The van der Waals surface area contributed by atoms with Gasteiger partial charge in [-0.2, -0.15) is 0 Å². The maximum atomic E-state index is 10.9. The number of nitrogens with one attached hydrogen (secondary N) is 1. The number of rotatable bonds is 4. The number of hydrogen-bond donors (Lipinski definition) is 2. The van der Waals surface area contributed by atoms with Crippen molar-refractivity contribution in [3.8, 4) is 0 Å². The molecule has 3 aromatic rings. The summed E-state index contributed by atoms with van der Waals surface area (Å²) >= 11 is 0. The lowest BCUT2D eigenvalue weighted by molar-refractivity contribution is 0.0697. The van der Waals surface area contributed by atoms with Gasteiger partial charge in [0.15, 0.2) is 0 Å². The van der Waals surface area contributed by atoms with Crippen LogP contribution in [0.1, 0.15) is 15.9 Å². The van der Waals surface area contributed by atoms with E-state index in [1.807, 2.05) is 12.1 Å². The van der Waals surface area contributed by atoms with Gasteiger partial charge in [0.25, 0.3) is 0 Å². The molecule has 4 rings (SSSR count). The van der Waals surface area contributed by atoms with Gasteiger partial charge in [-0.1, -0.05) is 18.2 Å². The fraction of sp³-hybridized carbons (Fsp3) is 0.105. The average Bonchev–Trinajstić information content (AvgIpc) is 3.06. The molecule has 0 fully saturated rings. The van der Waals surface area contributed by atoms with Crippen LogP contribution in [0.4, 0.5) is 23.0 Å². The van der Waals surface area contributed by atoms with E-state index < -0.39 is 5.97 Å². The van der Waals surface area contributed by atoms with Crippen LogP contribution in [-0.4, -0.2) is 27.6 Å². The summed E-state index contributed by atoms with van der Waals surface area (Å²) in [7, 11) is 0. The molecule has 25 heavy (non-hydrogen) atoms. The van der Waals surface area contributed by atoms with Crippen LogP contribution in [0.25, 0.3) is 0 Å². The first kappa shape index (κ1) is 15.1. The van der Waals surface area contributed by atoms with Gasteiger partial charge in [0.05, 0.1) is 5.56 Å². The molecule has 124 valence electrons. The normalized spacial score (nSPS) is 12.7. The summed E-state index contributed by atoms with van der Waals surface area (Å²) in [6, 6.07) is 16.8. The molecule has 0 bridgehead atoms. The molecule has 0 unspecified atom stereocenters. The van der Waals surface area contributed by atoms with E-state index in [9.17, 15) is 4.79 Å². The second-order valence-corrected chi connectivity index (χ2v) is 5.80. The summed E-state index contributed by atoms with van der Waals surface area (Å²) in [4.78, 5) is 21.7. The van der Waals surface area contributed by atoms with Gasteiger partial charge in [-0.05, 0) is 42.3 Å². The number of carbonyl (C=O) groups is 1. The van der Waals surface area contributed by atoms with Crippen molar-refractivity contribution in [2.45, 2.75) is 6.42 Å². The van der Waals surface area contributed by atoms with E-state index in [4.69, 9.17) is 5.11 Å². The highest BCUT2D eigenvalue weighted by molar-refractivity contribution is 5.88. The summed E-state index contributed by atoms with van der Waals surface area (Å²) in [5.41, 5.74) is 3.52. The van der Waals surface area contributed by atoms with Crippen LogP contribution in [0.5, 0.6) is 0 Å². The highest BCUT2D eigenvalue weighted by atomic mass is 16.4. The Balaban J connectivity index is 1.57. The Kier molecular flexibility index (Phi) is 3.78. The summed E-state index contributed by atoms with van der Waals surface area (Å²) in [6.07, 6.45) is 2.53. The van der Waals surface area contributed by atoms with Gasteiger partial charge in [0.1, 0.15) is 18.0 Å². The van der Waals surface area contributed by atoms with Gasteiger partial charge in [-0.25, -0.2) is 14.8 Å². The monoisotopic (exact) mass is 332 g/mol. The standard InChI is InChI=1S/C19H16N4O2/c24-19(25)14-5-7-15(8-6-14)22-17-11-18(21-12-20-17)23-10-9-13-3-1-2-4-16(13)23/h1-8,11-12H,9-10H2,(H,24,25)(H,20,21,22). The quantitative estimate of drug-likeness (QED) is 0.760. The number of benzene rings is 2. The maximum absolute atomic E-state index is 10.9. The number of aromatic carboxylic acids is 1. The Morgan fingerprint density at radius 3 is 2.68 bits per heavy atom. The largest absolute Gasteiger partial charge is 0.478 e. The first-order valence-electron chi connectivity index (χ1n) is 7.98. The third kappa shape index (κ3) is 3.01. The minimum absolute atomic E-state index is 0.252. The zero-order valence-corrected chi connectivity index (χ0v) is 13.4. The molecule has 0 radical (unpaired) electrons. The predicted octanol–water partition coefficient (Wildman–Crippen LogP) is 3.61. The Morgan fingerprint density at radius 2 is 1.88 bits per heavy atom. The minimum Gasteiger partial charge on any atom is -0.478 e. The minimum atomic E-state index is -0.941. The molecule has 2 heterocycles. The summed E-state index contributed by atoms with van der Waals surface area (Å²) in [5, 5.41) is 12.1. The van der Waals surface area contributed by atoms with Crippen molar-refractivity contribution < 1.29 is 9.90 Å². The van der Waals surface area contributed by atoms with Crippen molar-refractivity contribution in [2.24, 2.45) is 0 Å². The topological polar surface area (TPSA) is 78.4 Å². The number of fused-ring (bicyclic) bond motifs is 1. The summed E-state index contributed by atoms with van der Waals surface area (Å²) in [5.74, 6) is 0.561. The Hall–Kier alpha value is -3.41. The molecule has 0 atom stereocenters. The van der Waals surface area contributed by atoms with Crippen molar-refractivity contribution >= 4 is 29.0 Å². The Bertz CT molecular complexity index is 925. The van der Waals surface area contributed by atoms with E-state index in [1.165, 1.54) is 17.6 Å². The van der Waals surface area contributed by atoms with Gasteiger partial charge in [-0.15, -0.1) is 0 Å². The van der Waals surface area contributed by atoms with Gasteiger partial charge in [0, 0.05) is 24.0 Å². The molecule has 0 amide bonds. The molecule has 0 saturated carbocycles. The molecule has 0 saturated heterocycles. The molecule has 2 N–H and O–H groups in total. The Labute approximate surface area is 144 Å². The smallest absolute Gasteiger partial charge is 0.335 e. The van der Waals surface area contributed by atoms with Gasteiger partial charge < -0.3 is 15.3 Å². The number of para-hydroxylation sites is 1. The van der Waals surface area contributed by atoms with E-state index in [2.05, 4.69) is 38.4 Å². The summed E-state index contributed by atoms with van der Waals surface area (Å²) in [6.45, 7) is 0.892. The maximum Gasteiger partial charge on any atom is 0.335 e. The number of hydrogen-bond acceptors (Lipinski definition) is 5. The second kappa shape index (κ2) is 6.24. The molecular formula is C19H16N4O2. The highest BCUT2D eigenvalue weighted by Crippen LogP contribution is 2.33. The molecule has 0 spiro atoms. The van der Waals surface area contributed by atoms with Gasteiger partial charge >= 0.3 is 5.97 Å². The fourth-order valence-electron chi connectivity index (χ4n) is 2.98. The molecule has 6 nitrogen and oxygen atoms in total. The van der Waals surface area contributed by atoms with E-state index >= 15 is 0 Å². The lowest BCUT2D eigenvalue weighted by Crippen LogP contribution is -2.15. The zero-order valence-electron chi connectivity index (χ0n) is 13.4. The Morgan fingerprint density at radius 1 is 1.08 bits per heavy atom. The van der Waals surface area contributed by atoms with Crippen LogP contribution in [0.15, 0.2) is 60.9 Å². The van der Waals surface area contributed by atoms with E-state index in [0.717, 1.165) is 24.5 Å². The van der Waals surface area contributed by atoms with Crippen molar-refractivity contribution in [3.05, 3.63) is 72.1 Å². The van der Waals surface area contributed by atoms with Crippen molar-refractivity contribution in [1.29, 1.82) is 0 Å². The third-order valence-corrected chi connectivity index (χ3v) is 4.22. The average molecular weight is 332 g/mol. The molecular weight excluding hydrogens is 316 g/mol. The van der Waals surface area contributed by atoms with E-state index in [1.54, 1.807) is 24.3 Å². The highest BCUT2D eigenvalue weighted by Gasteiger charge is 2.21. The van der Waals surface area contributed by atoms with E-state index in [-0.39, 0.29) is 5.56 Å². The fourth-order valence-corrected chi connectivity index (χ4v) is 2.98.